The largest absolute Gasteiger partial charge is 0.298 e. The average Bonchev–Trinajstić information content (AvgIpc) is 2.48. The van der Waals surface area contributed by atoms with E-state index in [1.165, 1.54) is 12.1 Å². The van der Waals surface area contributed by atoms with Crippen molar-refractivity contribution in [2.24, 2.45) is 0 Å². The predicted molar refractivity (Wildman–Crippen MR) is 75.1 cm³/mol. The second kappa shape index (κ2) is 4.81. The van der Waals surface area contributed by atoms with Crippen LogP contribution >= 0.6 is 0 Å². The van der Waals surface area contributed by atoms with Gasteiger partial charge in [0.2, 0.25) is 0 Å². The Bertz CT molecular complexity index is 800. The van der Waals surface area contributed by atoms with E-state index in [9.17, 15) is 9.18 Å². The Morgan fingerprint density at radius 2 is 2.05 bits per heavy atom. The summed E-state index contributed by atoms with van der Waals surface area (Å²) in [4.78, 5) is 20.1. The number of hydrogen-bond acceptors (Lipinski definition) is 3. The van der Waals surface area contributed by atoms with Gasteiger partial charge in [-0.3, -0.25) is 9.78 Å². The van der Waals surface area contributed by atoms with E-state index in [1.54, 1.807) is 18.3 Å². The van der Waals surface area contributed by atoms with Gasteiger partial charge >= 0.3 is 0 Å². The Labute approximate surface area is 115 Å². The number of halogens is 1. The molecule has 0 aliphatic heterocycles. The van der Waals surface area contributed by atoms with Crippen molar-refractivity contribution in [1.82, 2.24) is 9.97 Å². The Morgan fingerprint density at radius 1 is 1.20 bits per heavy atom. The minimum Gasteiger partial charge on any atom is -0.298 e. The molecule has 0 radical (unpaired) electrons. The quantitative estimate of drug-likeness (QED) is 0.666. The number of hydrogen-bond donors (Lipinski definition) is 0. The van der Waals surface area contributed by atoms with E-state index in [1.807, 2.05) is 19.1 Å². The highest BCUT2D eigenvalue weighted by atomic mass is 19.1. The van der Waals surface area contributed by atoms with Crippen LogP contribution in [0.4, 0.5) is 4.39 Å². The van der Waals surface area contributed by atoms with Crippen LogP contribution in [0.15, 0.2) is 42.6 Å². The first-order valence-electron chi connectivity index (χ1n) is 6.17. The molecular formula is C16H11FN2O. The van der Waals surface area contributed by atoms with E-state index in [4.69, 9.17) is 0 Å². The van der Waals surface area contributed by atoms with Gasteiger partial charge in [0.15, 0.2) is 6.29 Å². The third-order valence-electron chi connectivity index (χ3n) is 3.27. The minimum atomic E-state index is -0.377. The zero-order valence-corrected chi connectivity index (χ0v) is 10.8. The Kier molecular flexibility index (Phi) is 2.99. The molecule has 4 heteroatoms. The lowest BCUT2D eigenvalue weighted by atomic mass is 10.0. The topological polar surface area (TPSA) is 42.9 Å². The molecule has 0 unspecified atom stereocenters. The van der Waals surface area contributed by atoms with Crippen LogP contribution in [0, 0.1) is 12.7 Å². The summed E-state index contributed by atoms with van der Waals surface area (Å²) in [6.07, 6.45) is 2.44. The number of pyridine rings is 2. The highest BCUT2D eigenvalue weighted by molar-refractivity contribution is 5.99. The van der Waals surface area contributed by atoms with Gasteiger partial charge in [-0.1, -0.05) is 6.07 Å². The smallest absolute Gasteiger partial charge is 0.151 e. The van der Waals surface area contributed by atoms with Crippen LogP contribution in [-0.4, -0.2) is 16.3 Å². The fraction of sp³-hybridized carbons (Fsp3) is 0.0625. The molecule has 0 saturated carbocycles. The zero-order valence-electron chi connectivity index (χ0n) is 10.8. The van der Waals surface area contributed by atoms with E-state index < -0.39 is 0 Å². The lowest BCUT2D eigenvalue weighted by Gasteiger charge is -2.10. The monoisotopic (exact) mass is 266 g/mol. The number of nitrogens with zero attached hydrogens (tertiary/aromatic N) is 2. The summed E-state index contributed by atoms with van der Waals surface area (Å²) in [5.74, 6) is -0.377. The number of benzene rings is 1. The van der Waals surface area contributed by atoms with Gasteiger partial charge in [0.25, 0.3) is 0 Å². The highest BCUT2D eigenvalue weighted by Gasteiger charge is 2.13. The molecule has 0 aliphatic carbocycles. The number of carbonyl (C=O) groups excluding carboxylic acids is 1. The first kappa shape index (κ1) is 12.4. The fourth-order valence-corrected chi connectivity index (χ4v) is 2.26. The summed E-state index contributed by atoms with van der Waals surface area (Å²) in [5, 5.41) is 0.651. The third-order valence-corrected chi connectivity index (χ3v) is 3.27. The molecule has 0 N–H and O–H groups in total. The minimum absolute atomic E-state index is 0.377. The molecular weight excluding hydrogens is 255 g/mol. The van der Waals surface area contributed by atoms with E-state index in [-0.39, 0.29) is 5.82 Å². The number of aldehydes is 1. The molecule has 20 heavy (non-hydrogen) atoms. The Morgan fingerprint density at radius 3 is 2.75 bits per heavy atom. The van der Waals surface area contributed by atoms with Crippen LogP contribution in [-0.2, 0) is 0 Å². The first-order valence-corrected chi connectivity index (χ1v) is 6.17. The molecule has 0 atom stereocenters. The lowest BCUT2D eigenvalue weighted by Crippen LogP contribution is -1.98. The zero-order chi connectivity index (χ0) is 14.1. The summed E-state index contributed by atoms with van der Waals surface area (Å²) in [5.41, 5.74) is 3.00. The van der Waals surface area contributed by atoms with Crippen LogP contribution in [0.3, 0.4) is 0 Å². The van der Waals surface area contributed by atoms with Gasteiger partial charge in [-0.05, 0) is 36.8 Å². The van der Waals surface area contributed by atoms with Crippen LogP contribution in [0.2, 0.25) is 0 Å². The molecule has 1 aromatic carbocycles. The van der Waals surface area contributed by atoms with Crippen molar-refractivity contribution in [3.63, 3.8) is 0 Å². The number of carbonyl (C=O) groups is 1. The van der Waals surface area contributed by atoms with Gasteiger partial charge in [0.1, 0.15) is 5.82 Å². The normalized spacial score (nSPS) is 10.7. The molecule has 0 fully saturated rings. The molecule has 2 aromatic heterocycles. The van der Waals surface area contributed by atoms with Crippen molar-refractivity contribution in [2.45, 2.75) is 6.92 Å². The maximum absolute atomic E-state index is 13.4. The lowest BCUT2D eigenvalue weighted by molar-refractivity contribution is 0.112. The van der Waals surface area contributed by atoms with Crippen LogP contribution < -0.4 is 0 Å². The summed E-state index contributed by atoms with van der Waals surface area (Å²) in [6.45, 7) is 1.82. The molecule has 3 aromatic rings. The van der Waals surface area contributed by atoms with Crippen molar-refractivity contribution in [2.75, 3.05) is 0 Å². The third kappa shape index (κ3) is 1.95. The summed E-state index contributed by atoms with van der Waals surface area (Å²) < 4.78 is 13.4. The molecule has 0 aliphatic rings. The van der Waals surface area contributed by atoms with Gasteiger partial charge in [-0.25, -0.2) is 9.37 Å². The standard InChI is InChI=1S/C16H11FN2O/c1-10-13(9-20)12-6-5-11(17)8-15(12)19-16(10)14-4-2-3-7-18-14/h2-9H,1H3. The SMILES string of the molecule is Cc1c(-c2ccccn2)nc2cc(F)ccc2c1C=O. The fourth-order valence-electron chi connectivity index (χ4n) is 2.26. The van der Waals surface area contributed by atoms with E-state index >= 15 is 0 Å². The van der Waals surface area contributed by atoms with Gasteiger partial charge in [-0.2, -0.15) is 0 Å². The van der Waals surface area contributed by atoms with E-state index in [2.05, 4.69) is 9.97 Å². The van der Waals surface area contributed by atoms with Crippen molar-refractivity contribution in [3.05, 3.63) is 59.5 Å². The molecule has 0 bridgehead atoms. The maximum atomic E-state index is 13.4. The van der Waals surface area contributed by atoms with Gasteiger partial charge in [-0.15, -0.1) is 0 Å². The Hall–Kier alpha value is -2.62. The number of fused-ring (bicyclic) bond motifs is 1. The Balaban J connectivity index is 2.39. The van der Waals surface area contributed by atoms with Gasteiger partial charge in [0.05, 0.1) is 16.9 Å². The molecule has 3 nitrogen and oxygen atoms in total. The summed E-state index contributed by atoms with van der Waals surface area (Å²) in [6, 6.07) is 9.71. The average molecular weight is 266 g/mol. The summed E-state index contributed by atoms with van der Waals surface area (Å²) >= 11 is 0. The van der Waals surface area contributed by atoms with Crippen molar-refractivity contribution in [1.29, 1.82) is 0 Å². The van der Waals surface area contributed by atoms with Crippen LogP contribution in [0.5, 0.6) is 0 Å². The number of rotatable bonds is 2. The number of aromatic nitrogens is 2. The van der Waals surface area contributed by atoms with Gasteiger partial charge < -0.3 is 0 Å². The highest BCUT2D eigenvalue weighted by Crippen LogP contribution is 2.27. The van der Waals surface area contributed by atoms with Crippen molar-refractivity contribution < 1.29 is 9.18 Å². The molecule has 0 amide bonds. The van der Waals surface area contributed by atoms with Crippen molar-refractivity contribution in [3.8, 4) is 11.4 Å². The van der Waals surface area contributed by atoms with E-state index in [0.29, 0.717) is 27.9 Å². The molecule has 0 saturated heterocycles. The first-order chi connectivity index (χ1) is 9.70. The summed E-state index contributed by atoms with van der Waals surface area (Å²) in [7, 11) is 0. The molecule has 3 rings (SSSR count). The second-order valence-corrected chi connectivity index (χ2v) is 4.49. The predicted octanol–water partition coefficient (Wildman–Crippen LogP) is 3.56. The maximum Gasteiger partial charge on any atom is 0.151 e. The molecule has 98 valence electrons. The van der Waals surface area contributed by atoms with Crippen LogP contribution in [0.1, 0.15) is 15.9 Å². The van der Waals surface area contributed by atoms with Gasteiger partial charge in [0, 0.05) is 23.2 Å². The molecule has 0 spiro atoms. The van der Waals surface area contributed by atoms with Crippen molar-refractivity contribution >= 4 is 17.2 Å². The second-order valence-electron chi connectivity index (χ2n) is 4.49. The van der Waals surface area contributed by atoms with Crippen LogP contribution in [0.25, 0.3) is 22.3 Å². The molecule has 2 heterocycles. The van der Waals surface area contributed by atoms with E-state index in [0.717, 1.165) is 11.8 Å².